The minimum absolute atomic E-state index is 0. The molecule has 0 radical (unpaired) electrons. The van der Waals surface area contributed by atoms with Gasteiger partial charge in [0.05, 0.1) is 17.3 Å². The number of piperidine rings is 1. The highest BCUT2D eigenvalue weighted by molar-refractivity contribution is 5.93. The summed E-state index contributed by atoms with van der Waals surface area (Å²) < 4.78 is 6.94. The number of likely N-dealkylation sites (N-methyl/N-ethyl adjacent to an activating group) is 1. The first kappa shape index (κ1) is 28.7. The van der Waals surface area contributed by atoms with Crippen molar-refractivity contribution in [1.82, 2.24) is 24.8 Å². The monoisotopic (exact) mass is 507 g/mol. The molecule has 1 aromatic carbocycles. The van der Waals surface area contributed by atoms with Gasteiger partial charge in [-0.3, -0.25) is 9.59 Å². The van der Waals surface area contributed by atoms with Crippen molar-refractivity contribution in [1.29, 1.82) is 0 Å². The van der Waals surface area contributed by atoms with Gasteiger partial charge in [-0.25, -0.2) is 4.68 Å². The van der Waals surface area contributed by atoms with E-state index in [0.717, 1.165) is 24.2 Å². The Morgan fingerprint density at radius 2 is 1.91 bits per heavy atom. The normalized spacial score (nSPS) is 18.3. The lowest BCUT2D eigenvalue weighted by molar-refractivity contribution is -0.144. The van der Waals surface area contributed by atoms with Crippen LogP contribution in [0.5, 0.6) is 0 Å². The van der Waals surface area contributed by atoms with Crippen molar-refractivity contribution in [3.8, 4) is 5.69 Å². The number of unbranched alkanes of at least 4 members (excludes halogenated alkanes) is 1. The molecule has 0 saturated carbocycles. The van der Waals surface area contributed by atoms with Crippen LogP contribution in [0.2, 0.25) is 0 Å². The van der Waals surface area contributed by atoms with E-state index in [4.69, 9.17) is 4.74 Å². The molecule has 1 amide bonds. The maximum atomic E-state index is 13.9. The smallest absolute Gasteiger partial charge is 0.307 e. The number of hydrogen-bond donors (Lipinski definition) is 1. The number of carboxylic acid groups (broad SMARTS) is 1. The molecule has 1 aliphatic heterocycles. The van der Waals surface area contributed by atoms with E-state index >= 15 is 0 Å². The minimum atomic E-state index is -0.817. The summed E-state index contributed by atoms with van der Waals surface area (Å²) in [4.78, 5) is 29.5. The van der Waals surface area contributed by atoms with Gasteiger partial charge in [0.15, 0.2) is 5.69 Å². The van der Waals surface area contributed by atoms with Crippen LogP contribution in [-0.4, -0.2) is 88.2 Å². The van der Waals surface area contributed by atoms with Gasteiger partial charge in [-0.05, 0) is 50.8 Å². The van der Waals surface area contributed by atoms with Gasteiger partial charge in [0.25, 0.3) is 5.91 Å². The molecule has 0 spiro atoms. The number of ether oxygens (including phenoxy) is 1. The highest BCUT2D eigenvalue weighted by Gasteiger charge is 2.37. The number of carbonyl (C=O) groups is 2. The van der Waals surface area contributed by atoms with Crippen LogP contribution in [0.15, 0.2) is 30.3 Å². The van der Waals surface area contributed by atoms with Gasteiger partial charge < -0.3 is 19.6 Å². The summed E-state index contributed by atoms with van der Waals surface area (Å²) in [5.74, 6) is -1.27. The molecule has 1 fully saturated rings. The summed E-state index contributed by atoms with van der Waals surface area (Å²) in [6.45, 7) is 6.44. The summed E-state index contributed by atoms with van der Waals surface area (Å²) in [7, 11) is 3.59. The second-order valence-electron chi connectivity index (χ2n) is 9.58. The van der Waals surface area contributed by atoms with Crippen LogP contribution in [0.3, 0.4) is 0 Å². The fourth-order valence-electron chi connectivity index (χ4n) is 4.63. The van der Waals surface area contributed by atoms with Gasteiger partial charge in [0.1, 0.15) is 0 Å². The van der Waals surface area contributed by atoms with Crippen LogP contribution in [0.4, 0.5) is 0 Å². The van der Waals surface area contributed by atoms with E-state index in [1.54, 1.807) is 11.8 Å². The van der Waals surface area contributed by atoms with Gasteiger partial charge in [-0.15, -0.1) is 17.5 Å². The molecular weight excluding hydrogens is 470 g/mol. The SMILES string of the molecule is COCCCCc1c(C(=O)N(CC(C)C)[C@H]2C[C@@H](C(=O)O)CN(C)C2)nnn1-c1ccccc1.Cl. The van der Waals surface area contributed by atoms with Gasteiger partial charge in [0, 0.05) is 39.4 Å². The predicted octanol–water partition coefficient (Wildman–Crippen LogP) is 3.16. The van der Waals surface area contributed by atoms with Crippen molar-refractivity contribution in [3.63, 3.8) is 0 Å². The molecule has 2 aromatic rings. The lowest BCUT2D eigenvalue weighted by Gasteiger charge is -2.40. The van der Waals surface area contributed by atoms with Crippen LogP contribution in [0.1, 0.15) is 49.3 Å². The van der Waals surface area contributed by atoms with E-state index in [2.05, 4.69) is 24.2 Å². The lowest BCUT2D eigenvalue weighted by atomic mass is 9.92. The number of rotatable bonds is 11. The second kappa shape index (κ2) is 13.6. The molecule has 9 nitrogen and oxygen atoms in total. The largest absolute Gasteiger partial charge is 0.481 e. The van der Waals surface area contributed by atoms with Crippen LogP contribution < -0.4 is 0 Å². The Morgan fingerprint density at radius 1 is 1.20 bits per heavy atom. The summed E-state index contributed by atoms with van der Waals surface area (Å²) in [6, 6.07) is 9.50. The number of carboxylic acids is 1. The Balaban J connectivity index is 0.00000432. The number of halogens is 1. The molecule has 3 rings (SSSR count). The number of aliphatic carboxylic acids is 1. The fourth-order valence-corrected chi connectivity index (χ4v) is 4.63. The minimum Gasteiger partial charge on any atom is -0.481 e. The van der Waals surface area contributed by atoms with Gasteiger partial charge >= 0.3 is 5.97 Å². The molecule has 194 valence electrons. The molecule has 2 atom stereocenters. The van der Waals surface area contributed by atoms with Crippen molar-refractivity contribution < 1.29 is 19.4 Å². The van der Waals surface area contributed by atoms with Crippen molar-refractivity contribution in [2.75, 3.05) is 40.4 Å². The number of nitrogens with zero attached hydrogens (tertiary/aromatic N) is 5. The van der Waals surface area contributed by atoms with Gasteiger partial charge in [-0.2, -0.15) is 0 Å². The third-order valence-electron chi connectivity index (χ3n) is 6.20. The zero-order chi connectivity index (χ0) is 24.7. The van der Waals surface area contributed by atoms with Crippen molar-refractivity contribution in [2.24, 2.45) is 11.8 Å². The summed E-state index contributed by atoms with van der Waals surface area (Å²) in [5, 5.41) is 18.3. The molecule has 35 heavy (non-hydrogen) atoms. The first-order valence-corrected chi connectivity index (χ1v) is 12.0. The number of amides is 1. The maximum absolute atomic E-state index is 13.9. The zero-order valence-corrected chi connectivity index (χ0v) is 21.9. The third-order valence-corrected chi connectivity index (χ3v) is 6.20. The number of para-hydroxylation sites is 1. The van der Waals surface area contributed by atoms with Crippen LogP contribution in [0, 0.1) is 11.8 Å². The predicted molar refractivity (Wildman–Crippen MR) is 136 cm³/mol. The number of carbonyl (C=O) groups excluding carboxylic acids is 1. The van der Waals surface area contributed by atoms with Crippen molar-refractivity contribution in [3.05, 3.63) is 41.7 Å². The zero-order valence-electron chi connectivity index (χ0n) is 21.1. The van der Waals surface area contributed by atoms with Crippen LogP contribution in [0.25, 0.3) is 5.69 Å². The highest BCUT2D eigenvalue weighted by Crippen LogP contribution is 2.25. The number of aromatic nitrogens is 3. The van der Waals surface area contributed by atoms with Crippen molar-refractivity contribution >= 4 is 24.3 Å². The van der Waals surface area contributed by atoms with Crippen molar-refractivity contribution in [2.45, 2.75) is 45.6 Å². The molecule has 2 heterocycles. The molecule has 1 N–H and O–H groups in total. The van der Waals surface area contributed by atoms with Gasteiger partial charge in [0.2, 0.25) is 0 Å². The maximum Gasteiger partial charge on any atom is 0.307 e. The van der Waals surface area contributed by atoms with Crippen LogP contribution in [-0.2, 0) is 16.0 Å². The topological polar surface area (TPSA) is 101 Å². The molecule has 1 aromatic heterocycles. The Morgan fingerprint density at radius 3 is 2.54 bits per heavy atom. The Kier molecular flexibility index (Phi) is 11.1. The fraction of sp³-hybridized carbons (Fsp3) is 0.600. The van der Waals surface area contributed by atoms with E-state index in [9.17, 15) is 14.7 Å². The Hall–Kier alpha value is -2.49. The highest BCUT2D eigenvalue weighted by atomic mass is 35.5. The Labute approximate surface area is 213 Å². The molecule has 1 aliphatic rings. The average molecular weight is 508 g/mol. The molecule has 1 saturated heterocycles. The van der Waals surface area contributed by atoms with E-state index in [1.807, 2.05) is 47.2 Å². The third kappa shape index (κ3) is 7.49. The lowest BCUT2D eigenvalue weighted by Crippen LogP contribution is -2.54. The van der Waals surface area contributed by atoms with Gasteiger partial charge in [-0.1, -0.05) is 37.3 Å². The summed E-state index contributed by atoms with van der Waals surface area (Å²) in [6.07, 6.45) is 2.79. The quantitative estimate of drug-likeness (QED) is 0.466. The first-order valence-electron chi connectivity index (χ1n) is 12.0. The summed E-state index contributed by atoms with van der Waals surface area (Å²) in [5.41, 5.74) is 1.98. The molecule has 0 unspecified atom stereocenters. The second-order valence-corrected chi connectivity index (χ2v) is 9.58. The average Bonchev–Trinajstić information content (AvgIpc) is 3.23. The summed E-state index contributed by atoms with van der Waals surface area (Å²) >= 11 is 0. The molecule has 0 bridgehead atoms. The molecule has 0 aliphatic carbocycles. The number of methoxy groups -OCH3 is 1. The Bertz CT molecular complexity index is 953. The van der Waals surface area contributed by atoms with E-state index in [1.165, 1.54) is 0 Å². The number of benzene rings is 1. The van der Waals surface area contributed by atoms with E-state index in [0.29, 0.717) is 44.8 Å². The number of likely N-dealkylation sites (tertiary alicyclic amines) is 1. The first-order chi connectivity index (χ1) is 16.3. The molecule has 10 heteroatoms. The van der Waals surface area contributed by atoms with Crippen LogP contribution >= 0.6 is 12.4 Å². The van der Waals surface area contributed by atoms with E-state index in [-0.39, 0.29) is 30.3 Å². The molecular formula is C25H38ClN5O4. The standard InChI is InChI=1S/C25H37N5O4.ClH/c1-18(2)15-29(21-14-19(25(32)33)16-28(3)17-21)24(31)23-22(12-8-9-13-34-4)30(27-26-23)20-10-6-5-7-11-20;/h5-7,10-11,18-19,21H,8-9,12-17H2,1-4H3,(H,32,33);1H/t19-,21+;/m1./s1. The number of hydrogen-bond acceptors (Lipinski definition) is 6. The van der Waals surface area contributed by atoms with E-state index < -0.39 is 11.9 Å².